The Morgan fingerprint density at radius 2 is 1.94 bits per heavy atom. The van der Waals surface area contributed by atoms with Gasteiger partial charge in [-0.25, -0.2) is 0 Å². The quantitative estimate of drug-likeness (QED) is 0.797. The molecule has 3 nitrogen and oxygen atoms in total. The van der Waals surface area contributed by atoms with Crippen molar-refractivity contribution in [1.82, 2.24) is 0 Å². The summed E-state index contributed by atoms with van der Waals surface area (Å²) in [5.74, 6) is 1.69. The Morgan fingerprint density at radius 3 is 2.83 bits per heavy atom. The van der Waals surface area contributed by atoms with Crippen LogP contribution in [0.1, 0.15) is 0 Å². The van der Waals surface area contributed by atoms with E-state index in [1.165, 1.54) is 0 Å². The van der Waals surface area contributed by atoms with Gasteiger partial charge in [0.05, 0.1) is 12.8 Å². The third kappa shape index (κ3) is 1.80. The van der Waals surface area contributed by atoms with Gasteiger partial charge < -0.3 is 14.4 Å². The fraction of sp³-hybridized carbons (Fsp3) is 0.0667. The van der Waals surface area contributed by atoms with Crippen LogP contribution in [0.5, 0.6) is 11.5 Å². The molecule has 0 atom stereocenters. The summed E-state index contributed by atoms with van der Waals surface area (Å²) in [6.07, 6.45) is 3.58. The molecule has 0 saturated carbocycles. The Kier molecular flexibility index (Phi) is 2.65. The van der Waals surface area contributed by atoms with E-state index in [1.54, 1.807) is 13.4 Å². The second kappa shape index (κ2) is 4.45. The molecule has 0 bridgehead atoms. The van der Waals surface area contributed by atoms with Gasteiger partial charge in [0.1, 0.15) is 12.0 Å². The normalized spacial score (nSPS) is 12.8. The van der Waals surface area contributed by atoms with Crippen molar-refractivity contribution >= 4 is 11.4 Å². The molecule has 3 rings (SSSR count). The first-order valence-corrected chi connectivity index (χ1v) is 5.74. The lowest BCUT2D eigenvalue weighted by molar-refractivity contribution is 0.415. The number of ether oxygens (including phenoxy) is 2. The first-order valence-electron chi connectivity index (χ1n) is 5.74. The Labute approximate surface area is 106 Å². The Bertz CT molecular complexity index is 593. The van der Waals surface area contributed by atoms with E-state index in [0.717, 1.165) is 22.9 Å². The molecule has 90 valence electrons. The van der Waals surface area contributed by atoms with Crippen LogP contribution >= 0.6 is 0 Å². The first kappa shape index (κ1) is 10.7. The van der Waals surface area contributed by atoms with Gasteiger partial charge in [-0.2, -0.15) is 0 Å². The van der Waals surface area contributed by atoms with Gasteiger partial charge in [-0.05, 0) is 24.3 Å². The summed E-state index contributed by atoms with van der Waals surface area (Å²) in [5, 5.41) is 0. The van der Waals surface area contributed by atoms with E-state index in [2.05, 4.69) is 4.90 Å². The summed E-state index contributed by atoms with van der Waals surface area (Å²) < 4.78 is 10.7. The molecule has 1 aliphatic heterocycles. The van der Waals surface area contributed by atoms with Gasteiger partial charge in [-0.15, -0.1) is 0 Å². The van der Waals surface area contributed by atoms with Gasteiger partial charge in [0.25, 0.3) is 0 Å². The molecular formula is C15H13NO2. The van der Waals surface area contributed by atoms with Crippen molar-refractivity contribution in [3.63, 3.8) is 0 Å². The highest BCUT2D eigenvalue weighted by Gasteiger charge is 2.15. The minimum Gasteiger partial charge on any atom is -0.497 e. The van der Waals surface area contributed by atoms with E-state index in [4.69, 9.17) is 9.47 Å². The standard InChI is InChI=1S/C15H13NO2/c1-17-13-6-4-5-12(11-13)16-9-10-18-15-8-3-2-7-14(15)16/h2-11H,1H3. The predicted molar refractivity (Wildman–Crippen MR) is 71.3 cm³/mol. The molecule has 0 N–H and O–H groups in total. The Hall–Kier alpha value is -2.42. The zero-order chi connectivity index (χ0) is 12.4. The number of benzene rings is 2. The third-order valence-electron chi connectivity index (χ3n) is 2.86. The number of rotatable bonds is 2. The van der Waals surface area contributed by atoms with Crippen LogP contribution in [0.25, 0.3) is 0 Å². The maximum atomic E-state index is 5.48. The molecule has 0 aliphatic carbocycles. The highest BCUT2D eigenvalue weighted by atomic mass is 16.5. The van der Waals surface area contributed by atoms with Crippen molar-refractivity contribution in [2.75, 3.05) is 12.0 Å². The van der Waals surface area contributed by atoms with E-state index in [0.29, 0.717) is 0 Å². The van der Waals surface area contributed by atoms with Crippen LogP contribution in [-0.4, -0.2) is 7.11 Å². The second-order valence-corrected chi connectivity index (χ2v) is 3.94. The number of fused-ring (bicyclic) bond motifs is 1. The van der Waals surface area contributed by atoms with E-state index in [1.807, 2.05) is 54.7 Å². The summed E-state index contributed by atoms with van der Waals surface area (Å²) in [7, 11) is 1.67. The van der Waals surface area contributed by atoms with Crippen LogP contribution in [-0.2, 0) is 0 Å². The average Bonchev–Trinajstić information content (AvgIpc) is 2.47. The Morgan fingerprint density at radius 1 is 1.06 bits per heavy atom. The van der Waals surface area contributed by atoms with Crippen LogP contribution in [0.2, 0.25) is 0 Å². The van der Waals surface area contributed by atoms with Gasteiger partial charge in [0.2, 0.25) is 0 Å². The van der Waals surface area contributed by atoms with E-state index in [-0.39, 0.29) is 0 Å². The lowest BCUT2D eigenvalue weighted by Gasteiger charge is -2.26. The highest BCUT2D eigenvalue weighted by molar-refractivity contribution is 5.73. The van der Waals surface area contributed by atoms with Crippen LogP contribution in [0.4, 0.5) is 11.4 Å². The number of hydrogen-bond acceptors (Lipinski definition) is 3. The van der Waals surface area contributed by atoms with Crippen molar-refractivity contribution in [3.05, 3.63) is 61.0 Å². The van der Waals surface area contributed by atoms with Crippen molar-refractivity contribution in [3.8, 4) is 11.5 Å². The summed E-state index contributed by atoms with van der Waals surface area (Å²) in [6.45, 7) is 0. The molecule has 0 radical (unpaired) electrons. The predicted octanol–water partition coefficient (Wildman–Crippen LogP) is 3.70. The first-order chi connectivity index (χ1) is 8.88. The largest absolute Gasteiger partial charge is 0.497 e. The molecule has 1 aliphatic rings. The van der Waals surface area contributed by atoms with Crippen molar-refractivity contribution < 1.29 is 9.47 Å². The van der Waals surface area contributed by atoms with Gasteiger partial charge >= 0.3 is 0 Å². The molecule has 18 heavy (non-hydrogen) atoms. The van der Waals surface area contributed by atoms with Crippen molar-refractivity contribution in [2.24, 2.45) is 0 Å². The molecule has 1 heterocycles. The minimum atomic E-state index is 0.838. The maximum absolute atomic E-state index is 5.48. The van der Waals surface area contributed by atoms with E-state index < -0.39 is 0 Å². The summed E-state index contributed by atoms with van der Waals surface area (Å²) in [6, 6.07) is 15.9. The number of hydrogen-bond donors (Lipinski definition) is 0. The molecule has 0 fully saturated rings. The number of anilines is 2. The minimum absolute atomic E-state index is 0.838. The average molecular weight is 239 g/mol. The van der Waals surface area contributed by atoms with E-state index >= 15 is 0 Å². The second-order valence-electron chi connectivity index (χ2n) is 3.94. The molecule has 2 aromatic carbocycles. The smallest absolute Gasteiger partial charge is 0.150 e. The lowest BCUT2D eigenvalue weighted by atomic mass is 10.2. The van der Waals surface area contributed by atoms with Gasteiger partial charge in [-0.1, -0.05) is 18.2 Å². The molecule has 0 saturated heterocycles. The van der Waals surface area contributed by atoms with Crippen LogP contribution in [0, 0.1) is 0 Å². The van der Waals surface area contributed by atoms with Gasteiger partial charge in [0.15, 0.2) is 5.75 Å². The molecule has 3 heteroatoms. The monoisotopic (exact) mass is 239 g/mol. The van der Waals surface area contributed by atoms with Crippen molar-refractivity contribution in [1.29, 1.82) is 0 Å². The van der Waals surface area contributed by atoms with Gasteiger partial charge in [-0.3, -0.25) is 0 Å². The molecule has 0 amide bonds. The van der Waals surface area contributed by atoms with Gasteiger partial charge in [0, 0.05) is 18.0 Å². The van der Waals surface area contributed by atoms with Crippen LogP contribution in [0.3, 0.4) is 0 Å². The summed E-state index contributed by atoms with van der Waals surface area (Å²) in [5.41, 5.74) is 2.06. The van der Waals surface area contributed by atoms with E-state index in [9.17, 15) is 0 Å². The SMILES string of the molecule is COc1cccc(N2C=COc3ccccc32)c1. The summed E-state index contributed by atoms with van der Waals surface area (Å²) >= 11 is 0. The van der Waals surface area contributed by atoms with Crippen molar-refractivity contribution in [2.45, 2.75) is 0 Å². The molecule has 2 aromatic rings. The summed E-state index contributed by atoms with van der Waals surface area (Å²) in [4.78, 5) is 2.07. The lowest BCUT2D eigenvalue weighted by Crippen LogP contribution is -2.13. The van der Waals surface area contributed by atoms with Crippen LogP contribution in [0.15, 0.2) is 61.0 Å². The van der Waals surface area contributed by atoms with Crippen LogP contribution < -0.4 is 14.4 Å². The molecule has 0 spiro atoms. The Balaban J connectivity index is 2.06. The molecule has 0 aromatic heterocycles. The number of nitrogens with zero attached hydrogens (tertiary/aromatic N) is 1. The zero-order valence-electron chi connectivity index (χ0n) is 10.0. The molecular weight excluding hydrogens is 226 g/mol. The molecule has 0 unspecified atom stereocenters. The fourth-order valence-corrected chi connectivity index (χ4v) is 1.99. The third-order valence-corrected chi connectivity index (χ3v) is 2.86. The number of methoxy groups -OCH3 is 1. The topological polar surface area (TPSA) is 21.7 Å². The highest BCUT2D eigenvalue weighted by Crippen LogP contribution is 2.37. The zero-order valence-corrected chi connectivity index (χ0v) is 10.0. The number of para-hydroxylation sites is 2. The maximum Gasteiger partial charge on any atom is 0.150 e. The fourth-order valence-electron chi connectivity index (χ4n) is 1.99.